The summed E-state index contributed by atoms with van der Waals surface area (Å²) in [4.78, 5) is 11.5. The predicted molar refractivity (Wildman–Crippen MR) is 54.6 cm³/mol. The normalized spacial score (nSPS) is 21.2. The molecule has 1 aliphatic carbocycles. The molecule has 0 spiro atoms. The summed E-state index contributed by atoms with van der Waals surface area (Å²) in [5.74, 6) is 1.37. The largest absolute Gasteiger partial charge is 0.497 e. The fraction of sp³-hybridized carbons (Fsp3) is 0.417. The van der Waals surface area contributed by atoms with Gasteiger partial charge in [-0.05, 0) is 30.5 Å². The third-order valence-electron chi connectivity index (χ3n) is 2.82. The second kappa shape index (κ2) is 3.82. The SMILES string of the molecule is COc1ccc([C@H]2CCCC2=O)cc1. The molecule has 1 saturated carbocycles. The highest BCUT2D eigenvalue weighted by Crippen LogP contribution is 2.31. The van der Waals surface area contributed by atoms with Gasteiger partial charge in [0.15, 0.2) is 0 Å². The highest BCUT2D eigenvalue weighted by atomic mass is 16.5. The molecular formula is C12H14O2. The molecule has 0 radical (unpaired) electrons. The molecule has 74 valence electrons. The van der Waals surface area contributed by atoms with Gasteiger partial charge in [-0.1, -0.05) is 12.1 Å². The van der Waals surface area contributed by atoms with Crippen LogP contribution in [-0.4, -0.2) is 12.9 Å². The maximum Gasteiger partial charge on any atom is 0.140 e. The molecule has 0 aliphatic heterocycles. The first-order valence-electron chi connectivity index (χ1n) is 4.98. The molecule has 0 aromatic heterocycles. The van der Waals surface area contributed by atoms with Gasteiger partial charge in [-0.15, -0.1) is 0 Å². The minimum Gasteiger partial charge on any atom is -0.497 e. The van der Waals surface area contributed by atoms with E-state index >= 15 is 0 Å². The molecule has 2 heteroatoms. The molecule has 1 atom stereocenters. The molecule has 2 nitrogen and oxygen atoms in total. The average Bonchev–Trinajstić information content (AvgIpc) is 2.65. The van der Waals surface area contributed by atoms with Gasteiger partial charge in [0.05, 0.1) is 7.11 Å². The lowest BCUT2D eigenvalue weighted by Crippen LogP contribution is -2.03. The highest BCUT2D eigenvalue weighted by Gasteiger charge is 2.25. The molecule has 14 heavy (non-hydrogen) atoms. The first kappa shape index (κ1) is 9.25. The Hall–Kier alpha value is -1.31. The van der Waals surface area contributed by atoms with Crippen LogP contribution in [0.15, 0.2) is 24.3 Å². The van der Waals surface area contributed by atoms with Gasteiger partial charge in [0, 0.05) is 12.3 Å². The first-order chi connectivity index (χ1) is 6.81. The summed E-state index contributed by atoms with van der Waals surface area (Å²) in [5, 5.41) is 0. The molecule has 0 unspecified atom stereocenters. The lowest BCUT2D eigenvalue weighted by molar-refractivity contribution is -0.118. The number of methoxy groups -OCH3 is 1. The van der Waals surface area contributed by atoms with Gasteiger partial charge in [0.1, 0.15) is 11.5 Å². The molecule has 1 aromatic carbocycles. The number of Topliss-reactive ketones (excluding diaryl/α,β-unsaturated/α-hetero) is 1. The zero-order valence-electron chi connectivity index (χ0n) is 8.32. The van der Waals surface area contributed by atoms with E-state index in [0.717, 1.165) is 30.6 Å². The second-order valence-corrected chi connectivity index (χ2v) is 3.68. The van der Waals surface area contributed by atoms with Crippen LogP contribution in [-0.2, 0) is 4.79 Å². The van der Waals surface area contributed by atoms with Gasteiger partial charge in [-0.25, -0.2) is 0 Å². The minimum absolute atomic E-state index is 0.140. The summed E-state index contributed by atoms with van der Waals surface area (Å²) in [6.45, 7) is 0. The Morgan fingerprint density at radius 3 is 2.50 bits per heavy atom. The van der Waals surface area contributed by atoms with Crippen molar-refractivity contribution in [1.82, 2.24) is 0 Å². The number of hydrogen-bond acceptors (Lipinski definition) is 2. The maximum atomic E-state index is 11.5. The lowest BCUT2D eigenvalue weighted by atomic mass is 9.97. The minimum atomic E-state index is 0.140. The van der Waals surface area contributed by atoms with Gasteiger partial charge in [-0.3, -0.25) is 4.79 Å². The zero-order valence-corrected chi connectivity index (χ0v) is 8.32. The fourth-order valence-electron chi connectivity index (χ4n) is 2.00. The van der Waals surface area contributed by atoms with Crippen LogP contribution in [0.4, 0.5) is 0 Å². The Morgan fingerprint density at radius 1 is 1.29 bits per heavy atom. The Bertz CT molecular complexity index is 327. The van der Waals surface area contributed by atoms with E-state index in [1.807, 2.05) is 24.3 Å². The van der Waals surface area contributed by atoms with E-state index < -0.39 is 0 Å². The van der Waals surface area contributed by atoms with Crippen LogP contribution in [0.1, 0.15) is 30.7 Å². The van der Waals surface area contributed by atoms with E-state index in [9.17, 15) is 4.79 Å². The second-order valence-electron chi connectivity index (χ2n) is 3.68. The van der Waals surface area contributed by atoms with Crippen molar-refractivity contribution < 1.29 is 9.53 Å². The summed E-state index contributed by atoms with van der Waals surface area (Å²) < 4.78 is 5.07. The monoisotopic (exact) mass is 190 g/mol. The van der Waals surface area contributed by atoms with E-state index in [0.29, 0.717) is 5.78 Å². The molecule has 0 saturated heterocycles. The summed E-state index contributed by atoms with van der Waals surface area (Å²) in [7, 11) is 1.65. The summed E-state index contributed by atoms with van der Waals surface area (Å²) in [6.07, 6.45) is 2.79. The molecule has 1 fully saturated rings. The fourth-order valence-corrected chi connectivity index (χ4v) is 2.00. The molecule has 0 amide bonds. The molecule has 1 aromatic rings. The van der Waals surface area contributed by atoms with Crippen LogP contribution in [0, 0.1) is 0 Å². The Kier molecular flexibility index (Phi) is 2.53. The van der Waals surface area contributed by atoms with Crippen molar-refractivity contribution in [3.05, 3.63) is 29.8 Å². The molecule has 0 heterocycles. The van der Waals surface area contributed by atoms with Gasteiger partial charge in [-0.2, -0.15) is 0 Å². The van der Waals surface area contributed by atoms with Crippen molar-refractivity contribution in [2.45, 2.75) is 25.2 Å². The van der Waals surface area contributed by atoms with Gasteiger partial charge >= 0.3 is 0 Å². The van der Waals surface area contributed by atoms with Crippen molar-refractivity contribution in [2.75, 3.05) is 7.11 Å². The molecule has 0 bridgehead atoms. The summed E-state index contributed by atoms with van der Waals surface area (Å²) in [5.41, 5.74) is 1.13. The maximum absolute atomic E-state index is 11.5. The number of carbonyl (C=O) groups is 1. The Morgan fingerprint density at radius 2 is 2.00 bits per heavy atom. The van der Waals surface area contributed by atoms with Crippen LogP contribution in [0.5, 0.6) is 5.75 Å². The summed E-state index contributed by atoms with van der Waals surface area (Å²) in [6, 6.07) is 7.82. The Labute approximate surface area is 83.9 Å². The van der Waals surface area contributed by atoms with Crippen molar-refractivity contribution in [1.29, 1.82) is 0 Å². The average molecular weight is 190 g/mol. The Balaban J connectivity index is 2.20. The van der Waals surface area contributed by atoms with Crippen molar-refractivity contribution >= 4 is 5.78 Å². The lowest BCUT2D eigenvalue weighted by Gasteiger charge is -2.08. The molecule has 0 N–H and O–H groups in total. The van der Waals surface area contributed by atoms with Crippen molar-refractivity contribution in [3.8, 4) is 5.75 Å². The van der Waals surface area contributed by atoms with E-state index in [1.54, 1.807) is 7.11 Å². The van der Waals surface area contributed by atoms with Crippen LogP contribution >= 0.6 is 0 Å². The van der Waals surface area contributed by atoms with Crippen molar-refractivity contribution in [2.24, 2.45) is 0 Å². The molecular weight excluding hydrogens is 176 g/mol. The number of ether oxygens (including phenoxy) is 1. The van der Waals surface area contributed by atoms with Gasteiger partial charge < -0.3 is 4.74 Å². The first-order valence-corrected chi connectivity index (χ1v) is 4.98. The summed E-state index contributed by atoms with van der Waals surface area (Å²) >= 11 is 0. The highest BCUT2D eigenvalue weighted by molar-refractivity contribution is 5.87. The number of ketones is 1. The number of rotatable bonds is 2. The van der Waals surface area contributed by atoms with E-state index in [-0.39, 0.29) is 5.92 Å². The van der Waals surface area contributed by atoms with Crippen LogP contribution in [0.25, 0.3) is 0 Å². The van der Waals surface area contributed by atoms with Crippen LogP contribution in [0.3, 0.4) is 0 Å². The molecule has 2 rings (SSSR count). The van der Waals surface area contributed by atoms with Gasteiger partial charge in [0.25, 0.3) is 0 Å². The van der Waals surface area contributed by atoms with Crippen LogP contribution in [0.2, 0.25) is 0 Å². The van der Waals surface area contributed by atoms with E-state index in [1.165, 1.54) is 0 Å². The third-order valence-corrected chi connectivity index (χ3v) is 2.82. The zero-order chi connectivity index (χ0) is 9.97. The number of hydrogen-bond donors (Lipinski definition) is 0. The quantitative estimate of drug-likeness (QED) is 0.716. The smallest absolute Gasteiger partial charge is 0.140 e. The number of carbonyl (C=O) groups excluding carboxylic acids is 1. The molecule has 1 aliphatic rings. The van der Waals surface area contributed by atoms with Crippen LogP contribution < -0.4 is 4.74 Å². The van der Waals surface area contributed by atoms with Gasteiger partial charge in [0.2, 0.25) is 0 Å². The van der Waals surface area contributed by atoms with E-state index in [4.69, 9.17) is 4.74 Å². The standard InChI is InChI=1S/C12H14O2/c1-14-10-7-5-9(6-8-10)11-3-2-4-12(11)13/h5-8,11H,2-4H2,1H3/t11-/m1/s1. The number of benzene rings is 1. The third kappa shape index (κ3) is 1.65. The van der Waals surface area contributed by atoms with E-state index in [2.05, 4.69) is 0 Å². The topological polar surface area (TPSA) is 26.3 Å². The predicted octanol–water partition coefficient (Wildman–Crippen LogP) is 2.53. The van der Waals surface area contributed by atoms with Crippen molar-refractivity contribution in [3.63, 3.8) is 0 Å².